The first-order valence-electron chi connectivity index (χ1n) is 5.68. The standard InChI is InChI=1S/C11H22N2O3/c1-5-9(4)10(14)16-7-6-12-11(15)13-8(2)3/h8-9H,5-7H2,1-4H3,(H2,12,13,15). The van der Waals surface area contributed by atoms with E-state index < -0.39 is 0 Å². The maximum atomic E-state index is 11.2. The van der Waals surface area contributed by atoms with E-state index >= 15 is 0 Å². The molecule has 0 aliphatic heterocycles. The molecule has 0 aromatic heterocycles. The minimum atomic E-state index is -0.241. The van der Waals surface area contributed by atoms with Crippen molar-refractivity contribution < 1.29 is 14.3 Å². The van der Waals surface area contributed by atoms with Gasteiger partial charge in [-0.05, 0) is 20.3 Å². The molecule has 5 nitrogen and oxygen atoms in total. The molecule has 2 amide bonds. The minimum Gasteiger partial charge on any atom is -0.464 e. The van der Waals surface area contributed by atoms with Gasteiger partial charge in [0.05, 0.1) is 12.5 Å². The fraction of sp³-hybridized carbons (Fsp3) is 0.818. The molecule has 94 valence electrons. The molecular weight excluding hydrogens is 208 g/mol. The predicted octanol–water partition coefficient (Wildman–Crippen LogP) is 1.28. The zero-order chi connectivity index (χ0) is 12.6. The lowest BCUT2D eigenvalue weighted by Crippen LogP contribution is -2.41. The molecule has 0 saturated heterocycles. The van der Waals surface area contributed by atoms with Crippen molar-refractivity contribution >= 4 is 12.0 Å². The van der Waals surface area contributed by atoms with Gasteiger partial charge in [-0.2, -0.15) is 0 Å². The van der Waals surface area contributed by atoms with Crippen LogP contribution in [0.3, 0.4) is 0 Å². The zero-order valence-corrected chi connectivity index (χ0v) is 10.5. The maximum Gasteiger partial charge on any atom is 0.315 e. The van der Waals surface area contributed by atoms with Gasteiger partial charge >= 0.3 is 12.0 Å². The van der Waals surface area contributed by atoms with Crippen LogP contribution in [0, 0.1) is 5.92 Å². The number of urea groups is 1. The summed E-state index contributed by atoms with van der Waals surface area (Å²) in [5, 5.41) is 5.27. The Kier molecular flexibility index (Phi) is 7.33. The summed E-state index contributed by atoms with van der Waals surface area (Å²) in [5.41, 5.74) is 0. The van der Waals surface area contributed by atoms with Gasteiger partial charge < -0.3 is 15.4 Å². The van der Waals surface area contributed by atoms with Gasteiger partial charge in [-0.15, -0.1) is 0 Å². The Morgan fingerprint density at radius 3 is 2.38 bits per heavy atom. The van der Waals surface area contributed by atoms with Crippen LogP contribution in [0.15, 0.2) is 0 Å². The normalized spacial score (nSPS) is 12.1. The van der Waals surface area contributed by atoms with E-state index in [0.717, 1.165) is 6.42 Å². The van der Waals surface area contributed by atoms with Crippen LogP contribution in [0.2, 0.25) is 0 Å². The second-order valence-electron chi connectivity index (χ2n) is 4.03. The van der Waals surface area contributed by atoms with Crippen LogP contribution in [0.5, 0.6) is 0 Å². The van der Waals surface area contributed by atoms with Gasteiger partial charge in [0.25, 0.3) is 0 Å². The molecule has 0 spiro atoms. The smallest absolute Gasteiger partial charge is 0.315 e. The molecule has 0 aliphatic carbocycles. The SMILES string of the molecule is CCC(C)C(=O)OCCNC(=O)NC(C)C. The summed E-state index contributed by atoms with van der Waals surface area (Å²) in [6.45, 7) is 8.06. The Balaban J connectivity index is 3.53. The molecule has 1 unspecified atom stereocenters. The van der Waals surface area contributed by atoms with Gasteiger partial charge in [-0.3, -0.25) is 4.79 Å². The summed E-state index contributed by atoms with van der Waals surface area (Å²) in [6, 6.07) is -0.141. The number of carbonyl (C=O) groups excluding carboxylic acids is 2. The molecule has 0 aromatic carbocycles. The second-order valence-corrected chi connectivity index (χ2v) is 4.03. The first-order chi connectivity index (χ1) is 7.47. The molecule has 0 fully saturated rings. The molecule has 16 heavy (non-hydrogen) atoms. The Bertz CT molecular complexity index is 229. The maximum absolute atomic E-state index is 11.2. The summed E-state index contributed by atoms with van der Waals surface area (Å²) in [5.74, 6) is -0.293. The van der Waals surface area contributed by atoms with Gasteiger partial charge in [0.15, 0.2) is 0 Å². The minimum absolute atomic E-state index is 0.0792. The second kappa shape index (κ2) is 7.96. The monoisotopic (exact) mass is 230 g/mol. The third kappa shape index (κ3) is 7.09. The molecule has 0 rings (SSSR count). The number of hydrogen-bond acceptors (Lipinski definition) is 3. The fourth-order valence-corrected chi connectivity index (χ4v) is 0.938. The van der Waals surface area contributed by atoms with Crippen LogP contribution in [-0.4, -0.2) is 31.2 Å². The van der Waals surface area contributed by atoms with E-state index in [1.54, 1.807) is 0 Å². The van der Waals surface area contributed by atoms with Crippen molar-refractivity contribution in [3.8, 4) is 0 Å². The lowest BCUT2D eigenvalue weighted by atomic mass is 10.1. The van der Waals surface area contributed by atoms with E-state index in [2.05, 4.69) is 10.6 Å². The Hall–Kier alpha value is -1.26. The number of carbonyl (C=O) groups is 2. The number of ether oxygens (including phenoxy) is 1. The fourth-order valence-electron chi connectivity index (χ4n) is 0.938. The Morgan fingerprint density at radius 1 is 1.25 bits per heavy atom. The van der Waals surface area contributed by atoms with Gasteiger partial charge in [0.1, 0.15) is 6.61 Å². The van der Waals surface area contributed by atoms with E-state index in [9.17, 15) is 9.59 Å². The van der Waals surface area contributed by atoms with Crippen molar-refractivity contribution in [3.05, 3.63) is 0 Å². The highest BCUT2D eigenvalue weighted by molar-refractivity contribution is 5.74. The van der Waals surface area contributed by atoms with Crippen LogP contribution >= 0.6 is 0 Å². The summed E-state index contributed by atoms with van der Waals surface area (Å²) in [7, 11) is 0. The van der Waals surface area contributed by atoms with Gasteiger partial charge in [0.2, 0.25) is 0 Å². The molecule has 0 radical (unpaired) electrons. The number of rotatable bonds is 6. The third-order valence-electron chi connectivity index (χ3n) is 2.07. The predicted molar refractivity (Wildman–Crippen MR) is 62.1 cm³/mol. The molecule has 0 heterocycles. The van der Waals surface area contributed by atoms with Crippen molar-refractivity contribution in [1.82, 2.24) is 10.6 Å². The first-order valence-corrected chi connectivity index (χ1v) is 5.68. The van der Waals surface area contributed by atoms with Crippen LogP contribution in [0.4, 0.5) is 4.79 Å². The first kappa shape index (κ1) is 14.7. The van der Waals surface area contributed by atoms with Crippen LogP contribution < -0.4 is 10.6 Å². The van der Waals surface area contributed by atoms with E-state index in [0.29, 0.717) is 6.54 Å². The molecule has 0 bridgehead atoms. The van der Waals surface area contributed by atoms with Crippen LogP contribution in [-0.2, 0) is 9.53 Å². The number of hydrogen-bond donors (Lipinski definition) is 2. The lowest BCUT2D eigenvalue weighted by molar-refractivity contribution is -0.147. The molecule has 5 heteroatoms. The summed E-state index contributed by atoms with van der Waals surface area (Å²) >= 11 is 0. The highest BCUT2D eigenvalue weighted by Gasteiger charge is 2.11. The van der Waals surface area contributed by atoms with Gasteiger partial charge in [0, 0.05) is 6.04 Å². The van der Waals surface area contributed by atoms with E-state index in [1.807, 2.05) is 27.7 Å². The Morgan fingerprint density at radius 2 is 1.88 bits per heavy atom. The molecule has 2 N–H and O–H groups in total. The van der Waals surface area contributed by atoms with Crippen LogP contribution in [0.1, 0.15) is 34.1 Å². The highest BCUT2D eigenvalue weighted by atomic mass is 16.5. The van der Waals surface area contributed by atoms with Crippen molar-refractivity contribution in [2.24, 2.45) is 5.92 Å². The Labute approximate surface area is 96.9 Å². The molecule has 0 aromatic rings. The summed E-state index contributed by atoms with van der Waals surface area (Å²) in [4.78, 5) is 22.4. The third-order valence-corrected chi connectivity index (χ3v) is 2.07. The average Bonchev–Trinajstić information content (AvgIpc) is 2.21. The van der Waals surface area contributed by atoms with E-state index in [-0.39, 0.29) is 30.6 Å². The largest absolute Gasteiger partial charge is 0.464 e. The van der Waals surface area contributed by atoms with E-state index in [1.165, 1.54) is 0 Å². The zero-order valence-electron chi connectivity index (χ0n) is 10.5. The van der Waals surface area contributed by atoms with Crippen molar-refractivity contribution in [3.63, 3.8) is 0 Å². The molecule has 0 aliphatic rings. The quantitative estimate of drug-likeness (QED) is 0.533. The number of esters is 1. The molecule has 0 saturated carbocycles. The topological polar surface area (TPSA) is 67.4 Å². The van der Waals surface area contributed by atoms with Crippen molar-refractivity contribution in [1.29, 1.82) is 0 Å². The highest BCUT2D eigenvalue weighted by Crippen LogP contribution is 2.02. The number of nitrogens with one attached hydrogen (secondary N) is 2. The summed E-state index contributed by atoms with van der Waals surface area (Å²) in [6.07, 6.45) is 0.764. The lowest BCUT2D eigenvalue weighted by Gasteiger charge is -2.11. The molecule has 1 atom stereocenters. The van der Waals surface area contributed by atoms with E-state index in [4.69, 9.17) is 4.74 Å². The van der Waals surface area contributed by atoms with Crippen LogP contribution in [0.25, 0.3) is 0 Å². The average molecular weight is 230 g/mol. The molecular formula is C11H22N2O3. The van der Waals surface area contributed by atoms with Gasteiger partial charge in [-0.1, -0.05) is 13.8 Å². The van der Waals surface area contributed by atoms with Crippen molar-refractivity contribution in [2.75, 3.05) is 13.2 Å². The number of amides is 2. The van der Waals surface area contributed by atoms with Gasteiger partial charge in [-0.25, -0.2) is 4.79 Å². The summed E-state index contributed by atoms with van der Waals surface area (Å²) < 4.78 is 4.97. The van der Waals surface area contributed by atoms with Crippen molar-refractivity contribution in [2.45, 2.75) is 40.2 Å².